The number of aryl methyl sites for hydroxylation is 1. The minimum Gasteiger partial charge on any atom is -0.383 e. The highest BCUT2D eigenvalue weighted by atomic mass is 35.5. The Hall–Kier alpha value is -2.35. The van der Waals surface area contributed by atoms with Gasteiger partial charge in [0.2, 0.25) is 5.91 Å². The van der Waals surface area contributed by atoms with Crippen LogP contribution in [0.3, 0.4) is 0 Å². The topological polar surface area (TPSA) is 60.2 Å². The van der Waals surface area contributed by atoms with E-state index in [1.807, 2.05) is 60.0 Å². The number of halogens is 1. The molecule has 0 aliphatic rings. The molecule has 3 rings (SSSR count). The third-order valence-corrected chi connectivity index (χ3v) is 5.74. The van der Waals surface area contributed by atoms with Gasteiger partial charge in [0.15, 0.2) is 5.16 Å². The fourth-order valence-corrected chi connectivity index (χ4v) is 3.75. The minimum absolute atomic E-state index is 0.0207. The number of hydrogen-bond donors (Lipinski definition) is 0. The molecule has 0 unspecified atom stereocenters. The van der Waals surface area contributed by atoms with E-state index in [1.54, 1.807) is 18.3 Å². The van der Waals surface area contributed by atoms with Crippen LogP contribution in [0.4, 0.5) is 0 Å². The number of benzene rings is 2. The summed E-state index contributed by atoms with van der Waals surface area (Å²) in [6, 6.07) is 15.7. The van der Waals surface area contributed by atoms with Crippen LogP contribution in [0.15, 0.2) is 60.0 Å². The van der Waals surface area contributed by atoms with E-state index in [2.05, 4.69) is 10.2 Å². The predicted molar refractivity (Wildman–Crippen MR) is 116 cm³/mol. The average Bonchev–Trinajstić information content (AvgIpc) is 3.20. The van der Waals surface area contributed by atoms with Gasteiger partial charge < -0.3 is 9.64 Å². The zero-order chi connectivity index (χ0) is 20.6. The van der Waals surface area contributed by atoms with Crippen LogP contribution < -0.4 is 0 Å². The van der Waals surface area contributed by atoms with Crippen LogP contribution in [0.1, 0.15) is 11.1 Å². The number of thioether (sulfide) groups is 1. The molecule has 6 nitrogen and oxygen atoms in total. The summed E-state index contributed by atoms with van der Waals surface area (Å²) in [6.45, 7) is 3.52. The van der Waals surface area contributed by atoms with Crippen LogP contribution in [0.2, 0.25) is 5.02 Å². The monoisotopic (exact) mass is 430 g/mol. The molecule has 0 aliphatic heterocycles. The normalized spacial score (nSPS) is 10.9. The summed E-state index contributed by atoms with van der Waals surface area (Å²) in [4.78, 5) is 14.7. The van der Waals surface area contributed by atoms with Gasteiger partial charge in [0.25, 0.3) is 0 Å². The average molecular weight is 431 g/mol. The van der Waals surface area contributed by atoms with Crippen molar-refractivity contribution in [3.8, 4) is 5.69 Å². The van der Waals surface area contributed by atoms with Gasteiger partial charge in [0.05, 0.1) is 18.0 Å². The fraction of sp³-hybridized carbons (Fsp3) is 0.286. The van der Waals surface area contributed by atoms with E-state index in [4.69, 9.17) is 16.3 Å². The van der Waals surface area contributed by atoms with E-state index in [9.17, 15) is 4.79 Å². The van der Waals surface area contributed by atoms with Crippen molar-refractivity contribution in [3.05, 3.63) is 71.0 Å². The van der Waals surface area contributed by atoms with Gasteiger partial charge in [-0.3, -0.25) is 9.36 Å². The number of methoxy groups -OCH3 is 1. The first kappa shape index (κ1) is 21.4. The standard InChI is InChI=1S/C21H23ClN4O2S/c1-16-8-9-18(12-19(16)22)26-15-23-24-21(26)29-14-20(27)25(10-11-28-2)13-17-6-4-3-5-7-17/h3-9,12,15H,10-11,13-14H2,1-2H3. The molecule has 0 radical (unpaired) electrons. The molecule has 0 fully saturated rings. The molecule has 0 N–H and O–H groups in total. The van der Waals surface area contributed by atoms with Crippen molar-refractivity contribution in [1.29, 1.82) is 0 Å². The van der Waals surface area contributed by atoms with Gasteiger partial charge >= 0.3 is 0 Å². The maximum absolute atomic E-state index is 12.9. The Balaban J connectivity index is 1.68. The summed E-state index contributed by atoms with van der Waals surface area (Å²) in [6.07, 6.45) is 1.63. The number of aromatic nitrogens is 3. The van der Waals surface area contributed by atoms with Crippen molar-refractivity contribution in [1.82, 2.24) is 19.7 Å². The van der Waals surface area contributed by atoms with Crippen LogP contribution >= 0.6 is 23.4 Å². The Bertz CT molecular complexity index is 949. The molecule has 8 heteroatoms. The maximum Gasteiger partial charge on any atom is 0.233 e. The van der Waals surface area contributed by atoms with Crippen LogP contribution in [0.5, 0.6) is 0 Å². The van der Waals surface area contributed by atoms with E-state index in [1.165, 1.54) is 11.8 Å². The molecular weight excluding hydrogens is 408 g/mol. The Kier molecular flexibility index (Phi) is 7.69. The van der Waals surface area contributed by atoms with E-state index in [0.29, 0.717) is 29.9 Å². The Morgan fingerprint density at radius 3 is 2.76 bits per heavy atom. The second-order valence-electron chi connectivity index (χ2n) is 6.50. The molecule has 0 aliphatic carbocycles. The van der Waals surface area contributed by atoms with Gasteiger partial charge in [0.1, 0.15) is 6.33 Å². The molecule has 1 heterocycles. The Morgan fingerprint density at radius 2 is 2.03 bits per heavy atom. The van der Waals surface area contributed by atoms with Gasteiger partial charge in [0, 0.05) is 25.2 Å². The number of hydrogen-bond acceptors (Lipinski definition) is 5. The molecule has 0 saturated carbocycles. The smallest absolute Gasteiger partial charge is 0.233 e. The molecule has 152 valence electrons. The zero-order valence-electron chi connectivity index (χ0n) is 16.4. The van der Waals surface area contributed by atoms with Gasteiger partial charge in [-0.25, -0.2) is 0 Å². The lowest BCUT2D eigenvalue weighted by Crippen LogP contribution is -2.34. The molecule has 0 saturated heterocycles. The Labute approximate surface area is 179 Å². The number of ether oxygens (including phenoxy) is 1. The SMILES string of the molecule is COCCN(Cc1ccccc1)C(=O)CSc1nncn1-c1ccc(C)c(Cl)c1. The lowest BCUT2D eigenvalue weighted by atomic mass is 10.2. The summed E-state index contributed by atoms with van der Waals surface area (Å²) in [7, 11) is 1.63. The first-order valence-corrected chi connectivity index (χ1v) is 10.5. The number of carbonyl (C=O) groups excluding carboxylic acids is 1. The number of amides is 1. The van der Waals surface area contributed by atoms with Crippen molar-refractivity contribution in [2.75, 3.05) is 26.0 Å². The molecule has 29 heavy (non-hydrogen) atoms. The number of rotatable bonds is 9. The van der Waals surface area contributed by atoms with Crippen LogP contribution in [0.25, 0.3) is 5.69 Å². The third-order valence-electron chi connectivity index (χ3n) is 4.41. The second-order valence-corrected chi connectivity index (χ2v) is 7.85. The van der Waals surface area contributed by atoms with E-state index >= 15 is 0 Å². The summed E-state index contributed by atoms with van der Waals surface area (Å²) < 4.78 is 7.00. The molecular formula is C21H23ClN4O2S. The van der Waals surface area contributed by atoms with Gasteiger partial charge in [-0.2, -0.15) is 0 Å². The summed E-state index contributed by atoms with van der Waals surface area (Å²) in [5.74, 6) is 0.279. The summed E-state index contributed by atoms with van der Waals surface area (Å²) in [5.41, 5.74) is 2.95. The highest BCUT2D eigenvalue weighted by Gasteiger charge is 2.17. The van der Waals surface area contributed by atoms with Gasteiger partial charge in [-0.1, -0.05) is 59.8 Å². The highest BCUT2D eigenvalue weighted by molar-refractivity contribution is 7.99. The summed E-state index contributed by atoms with van der Waals surface area (Å²) >= 11 is 7.60. The first-order valence-electron chi connectivity index (χ1n) is 9.18. The maximum atomic E-state index is 12.9. The molecule has 0 atom stereocenters. The minimum atomic E-state index is 0.0207. The van der Waals surface area contributed by atoms with Crippen molar-refractivity contribution in [3.63, 3.8) is 0 Å². The van der Waals surface area contributed by atoms with Crippen LogP contribution in [-0.2, 0) is 16.1 Å². The van der Waals surface area contributed by atoms with Gasteiger partial charge in [-0.05, 0) is 30.2 Å². The van der Waals surface area contributed by atoms with Crippen molar-refractivity contribution >= 4 is 29.3 Å². The van der Waals surface area contributed by atoms with Crippen molar-refractivity contribution in [2.45, 2.75) is 18.6 Å². The summed E-state index contributed by atoms with van der Waals surface area (Å²) in [5, 5.41) is 9.48. The van der Waals surface area contributed by atoms with E-state index in [-0.39, 0.29) is 11.7 Å². The molecule has 3 aromatic rings. The zero-order valence-corrected chi connectivity index (χ0v) is 18.0. The predicted octanol–water partition coefficient (Wildman–Crippen LogP) is 4.00. The number of carbonyl (C=O) groups is 1. The molecule has 1 aromatic heterocycles. The fourth-order valence-electron chi connectivity index (χ4n) is 2.75. The van der Waals surface area contributed by atoms with Crippen molar-refractivity contribution in [2.24, 2.45) is 0 Å². The van der Waals surface area contributed by atoms with Crippen LogP contribution in [-0.4, -0.2) is 51.6 Å². The molecule has 0 spiro atoms. The third kappa shape index (κ3) is 5.82. The number of nitrogens with zero attached hydrogens (tertiary/aromatic N) is 4. The molecule has 1 amide bonds. The lowest BCUT2D eigenvalue weighted by Gasteiger charge is -2.22. The molecule has 2 aromatic carbocycles. The van der Waals surface area contributed by atoms with Crippen LogP contribution in [0, 0.1) is 6.92 Å². The largest absolute Gasteiger partial charge is 0.383 e. The van der Waals surface area contributed by atoms with Gasteiger partial charge in [-0.15, -0.1) is 10.2 Å². The first-order chi connectivity index (χ1) is 14.1. The second kappa shape index (κ2) is 10.4. The van der Waals surface area contributed by atoms with E-state index in [0.717, 1.165) is 16.8 Å². The highest BCUT2D eigenvalue weighted by Crippen LogP contribution is 2.24. The lowest BCUT2D eigenvalue weighted by molar-refractivity contribution is -0.129. The molecule has 0 bridgehead atoms. The Morgan fingerprint density at radius 1 is 1.24 bits per heavy atom. The van der Waals surface area contributed by atoms with E-state index < -0.39 is 0 Å². The quantitative estimate of drug-likeness (QED) is 0.480. The van der Waals surface area contributed by atoms with Crippen molar-refractivity contribution < 1.29 is 9.53 Å².